The van der Waals surface area contributed by atoms with Gasteiger partial charge in [-0.3, -0.25) is 9.59 Å². The van der Waals surface area contributed by atoms with Gasteiger partial charge in [-0.1, -0.05) is 0 Å². The Kier molecular flexibility index (Phi) is 7.25. The first-order valence-corrected chi connectivity index (χ1v) is 9.30. The summed E-state index contributed by atoms with van der Waals surface area (Å²) in [5.41, 5.74) is -1.20. The molecule has 1 aromatic rings. The number of hydrogen-bond donors (Lipinski definition) is 1. The molecule has 0 unspecified atom stereocenters. The van der Waals surface area contributed by atoms with Crippen molar-refractivity contribution in [2.24, 2.45) is 5.41 Å². The fourth-order valence-corrected chi connectivity index (χ4v) is 3.47. The summed E-state index contributed by atoms with van der Waals surface area (Å²) in [6.07, 6.45) is 0.907. The molecular weight excluding hydrogens is 366 g/mol. The smallest absolute Gasteiger partial charge is 0.330 e. The highest BCUT2D eigenvalue weighted by Gasteiger charge is 2.59. The monoisotopic (exact) mass is 393 g/mol. The van der Waals surface area contributed by atoms with Crippen molar-refractivity contribution in [3.05, 3.63) is 18.2 Å². The first kappa shape index (κ1) is 21.5. The Morgan fingerprint density at radius 3 is 2.39 bits per heavy atom. The van der Waals surface area contributed by atoms with Gasteiger partial charge in [-0.2, -0.15) is 0 Å². The fraction of sp³-hybridized carbons (Fsp3) is 0.550. The van der Waals surface area contributed by atoms with Crippen molar-refractivity contribution >= 4 is 23.4 Å². The summed E-state index contributed by atoms with van der Waals surface area (Å²) in [5.74, 6) is -0.770. The van der Waals surface area contributed by atoms with E-state index >= 15 is 0 Å². The van der Waals surface area contributed by atoms with Gasteiger partial charge in [0, 0.05) is 12.5 Å². The van der Waals surface area contributed by atoms with Crippen LogP contribution in [0.4, 0.5) is 5.69 Å². The van der Waals surface area contributed by atoms with Crippen molar-refractivity contribution in [3.8, 4) is 11.5 Å². The zero-order valence-electron chi connectivity index (χ0n) is 16.7. The number of benzene rings is 1. The van der Waals surface area contributed by atoms with Gasteiger partial charge in [0.1, 0.15) is 17.5 Å². The highest BCUT2D eigenvalue weighted by atomic mass is 16.5. The third-order valence-electron chi connectivity index (χ3n) is 4.84. The number of carbonyl (C=O) groups is 3. The van der Waals surface area contributed by atoms with Gasteiger partial charge >= 0.3 is 11.9 Å². The fourth-order valence-electron chi connectivity index (χ4n) is 3.47. The van der Waals surface area contributed by atoms with E-state index in [0.29, 0.717) is 23.6 Å². The Hall–Kier alpha value is -2.77. The molecule has 0 spiro atoms. The first-order valence-electron chi connectivity index (χ1n) is 9.30. The van der Waals surface area contributed by atoms with E-state index in [9.17, 15) is 14.4 Å². The number of hydrogen-bond acceptors (Lipinski definition) is 8. The van der Waals surface area contributed by atoms with Crippen LogP contribution >= 0.6 is 0 Å². The molecule has 1 saturated carbocycles. The lowest BCUT2D eigenvalue weighted by molar-refractivity contribution is -0.166. The summed E-state index contributed by atoms with van der Waals surface area (Å²) in [4.78, 5) is 38.4. The minimum absolute atomic E-state index is 0.106. The van der Waals surface area contributed by atoms with Gasteiger partial charge in [-0.25, -0.2) is 4.79 Å². The molecule has 154 valence electrons. The molecule has 0 radical (unpaired) electrons. The van der Waals surface area contributed by atoms with Gasteiger partial charge in [0.15, 0.2) is 11.2 Å². The van der Waals surface area contributed by atoms with Gasteiger partial charge in [-0.15, -0.1) is 0 Å². The molecule has 1 aliphatic carbocycles. The van der Waals surface area contributed by atoms with Crippen molar-refractivity contribution in [1.82, 2.24) is 0 Å². The lowest BCUT2D eigenvalue weighted by Gasteiger charge is -2.33. The second kappa shape index (κ2) is 9.43. The summed E-state index contributed by atoms with van der Waals surface area (Å²) in [6.45, 7) is 3.54. The van der Waals surface area contributed by atoms with E-state index in [1.807, 2.05) is 0 Å². The van der Waals surface area contributed by atoms with Crippen LogP contribution in [0.1, 0.15) is 33.1 Å². The van der Waals surface area contributed by atoms with E-state index in [0.717, 1.165) is 0 Å². The van der Waals surface area contributed by atoms with Crippen LogP contribution in [0.15, 0.2) is 18.2 Å². The van der Waals surface area contributed by atoms with Gasteiger partial charge in [0.05, 0.1) is 33.1 Å². The Labute approximate surface area is 164 Å². The van der Waals surface area contributed by atoms with Crippen LogP contribution in [0.3, 0.4) is 0 Å². The summed E-state index contributed by atoms with van der Waals surface area (Å²) < 4.78 is 20.9. The summed E-state index contributed by atoms with van der Waals surface area (Å²) in [7, 11) is 3.00. The van der Waals surface area contributed by atoms with E-state index in [1.54, 1.807) is 32.0 Å². The van der Waals surface area contributed by atoms with Crippen LogP contribution in [0.2, 0.25) is 0 Å². The molecule has 0 aromatic heterocycles. The molecule has 0 bridgehead atoms. The molecule has 8 heteroatoms. The predicted molar refractivity (Wildman–Crippen MR) is 102 cm³/mol. The van der Waals surface area contributed by atoms with Gasteiger partial charge in [0.25, 0.3) is 0 Å². The maximum Gasteiger partial charge on any atom is 0.330 e. The highest BCUT2D eigenvalue weighted by molar-refractivity contribution is 6.10. The SMILES string of the molecule is CCOC(=O)[C@H](Nc1ccc(OC)cc1OC)[C@]1(C(=O)OCC)CCCC1=O. The van der Waals surface area contributed by atoms with Crippen LogP contribution in [0, 0.1) is 5.41 Å². The van der Waals surface area contributed by atoms with Gasteiger partial charge < -0.3 is 24.3 Å². The molecule has 8 nitrogen and oxygen atoms in total. The molecule has 2 atom stereocenters. The minimum atomic E-state index is -1.63. The molecule has 1 N–H and O–H groups in total. The van der Waals surface area contributed by atoms with E-state index in [-0.39, 0.29) is 31.8 Å². The third-order valence-corrected chi connectivity index (χ3v) is 4.84. The zero-order chi connectivity index (χ0) is 20.7. The van der Waals surface area contributed by atoms with E-state index in [1.165, 1.54) is 14.2 Å². The first-order chi connectivity index (χ1) is 13.4. The average Bonchev–Trinajstić information content (AvgIpc) is 3.08. The maximum atomic E-state index is 12.8. The number of anilines is 1. The van der Waals surface area contributed by atoms with E-state index in [2.05, 4.69) is 5.32 Å². The Bertz CT molecular complexity index is 733. The number of ketones is 1. The normalized spacial score (nSPS) is 19.6. The molecule has 28 heavy (non-hydrogen) atoms. The van der Waals surface area contributed by atoms with Crippen LogP contribution in [-0.4, -0.2) is 51.2 Å². The minimum Gasteiger partial charge on any atom is -0.497 e. The Morgan fingerprint density at radius 2 is 1.86 bits per heavy atom. The molecule has 2 rings (SSSR count). The van der Waals surface area contributed by atoms with Gasteiger partial charge in [0.2, 0.25) is 0 Å². The second-order valence-corrected chi connectivity index (χ2v) is 6.36. The second-order valence-electron chi connectivity index (χ2n) is 6.36. The molecule has 0 aliphatic heterocycles. The standard InChI is InChI=1S/C20H27NO7/c1-5-27-18(23)17(20(19(24)28-6-2)11-7-8-16(20)22)21-14-10-9-13(25-3)12-15(14)26-4/h9-10,12,17,21H,5-8,11H2,1-4H3/t17-,20-/m0/s1. The average molecular weight is 393 g/mol. The quantitative estimate of drug-likeness (QED) is 0.504. The lowest BCUT2D eigenvalue weighted by Crippen LogP contribution is -2.55. The van der Waals surface area contributed by atoms with Crippen LogP contribution in [0.5, 0.6) is 11.5 Å². The van der Waals surface area contributed by atoms with Crippen LogP contribution in [0.25, 0.3) is 0 Å². The van der Waals surface area contributed by atoms with Crippen molar-refractivity contribution in [2.45, 2.75) is 39.2 Å². The molecule has 0 heterocycles. The van der Waals surface area contributed by atoms with Crippen LogP contribution in [-0.2, 0) is 23.9 Å². The number of nitrogens with one attached hydrogen (secondary N) is 1. The van der Waals surface area contributed by atoms with Crippen molar-refractivity contribution in [2.75, 3.05) is 32.8 Å². The molecule has 1 aromatic carbocycles. The molecule has 1 aliphatic rings. The van der Waals surface area contributed by atoms with Crippen LogP contribution < -0.4 is 14.8 Å². The highest BCUT2D eigenvalue weighted by Crippen LogP contribution is 2.42. The predicted octanol–water partition coefficient (Wildman–Crippen LogP) is 2.35. The maximum absolute atomic E-state index is 12.8. The van der Waals surface area contributed by atoms with E-state index < -0.39 is 23.4 Å². The summed E-state index contributed by atoms with van der Waals surface area (Å²) >= 11 is 0. The number of rotatable bonds is 9. The van der Waals surface area contributed by atoms with Gasteiger partial charge in [-0.05, 0) is 38.8 Å². The molecule has 0 amide bonds. The molecule has 0 saturated heterocycles. The summed E-state index contributed by atoms with van der Waals surface area (Å²) in [5, 5.41) is 3.01. The number of methoxy groups -OCH3 is 2. The largest absolute Gasteiger partial charge is 0.497 e. The number of Topliss-reactive ketones (excluding diaryl/α,β-unsaturated/α-hetero) is 1. The topological polar surface area (TPSA) is 100 Å². The molecular formula is C20H27NO7. The third kappa shape index (κ3) is 4.05. The molecule has 1 fully saturated rings. The Balaban J connectivity index is 2.51. The number of carbonyl (C=O) groups excluding carboxylic acids is 3. The van der Waals surface area contributed by atoms with Crippen molar-refractivity contribution in [1.29, 1.82) is 0 Å². The zero-order valence-corrected chi connectivity index (χ0v) is 16.7. The number of ether oxygens (including phenoxy) is 4. The summed E-state index contributed by atoms with van der Waals surface area (Å²) in [6, 6.07) is 3.74. The lowest BCUT2D eigenvalue weighted by atomic mass is 9.77. The van der Waals surface area contributed by atoms with Crippen molar-refractivity contribution in [3.63, 3.8) is 0 Å². The number of esters is 2. The van der Waals surface area contributed by atoms with E-state index in [4.69, 9.17) is 18.9 Å². The van der Waals surface area contributed by atoms with Crippen molar-refractivity contribution < 1.29 is 33.3 Å². The Morgan fingerprint density at radius 1 is 1.14 bits per heavy atom.